The second kappa shape index (κ2) is 7.67. The molecule has 0 bridgehead atoms. The van der Waals surface area contributed by atoms with Gasteiger partial charge in [0.2, 0.25) is 0 Å². The maximum atomic E-state index is 12.8. The van der Waals surface area contributed by atoms with Crippen molar-refractivity contribution in [1.82, 2.24) is 19.9 Å². The fourth-order valence-electron chi connectivity index (χ4n) is 3.87. The molecule has 4 aromatic rings. The van der Waals surface area contributed by atoms with Gasteiger partial charge in [-0.25, -0.2) is 4.98 Å². The lowest BCUT2D eigenvalue weighted by atomic mass is 10.0. The Bertz CT molecular complexity index is 1240. The van der Waals surface area contributed by atoms with Gasteiger partial charge in [0.05, 0.1) is 28.8 Å². The van der Waals surface area contributed by atoms with Gasteiger partial charge in [0.15, 0.2) is 5.82 Å². The number of pyridine rings is 1. The topological polar surface area (TPSA) is 71.1 Å². The lowest BCUT2D eigenvalue weighted by Crippen LogP contribution is -2.37. The van der Waals surface area contributed by atoms with Crippen LogP contribution in [0, 0.1) is 6.92 Å². The molecule has 29 heavy (non-hydrogen) atoms. The number of benzene rings is 1. The minimum atomic E-state index is -0.117. The summed E-state index contributed by atoms with van der Waals surface area (Å²) >= 11 is 1.65. The molecule has 4 heterocycles. The molecule has 0 spiro atoms. The van der Waals surface area contributed by atoms with E-state index in [1.807, 2.05) is 30.6 Å². The summed E-state index contributed by atoms with van der Waals surface area (Å²) in [6.45, 7) is 6.54. The number of aromatic nitrogens is 3. The number of nitrogens with one attached hydrogen (secondary N) is 1. The predicted octanol–water partition coefficient (Wildman–Crippen LogP) is 3.38. The SMILES string of the molecule is Cc1cc(CCN2CCOCC2)cc2c(=O)[nH]c(-c3cc4ccsc4cn3)nc12. The molecule has 5 rings (SSSR count). The van der Waals surface area contributed by atoms with Crippen molar-refractivity contribution in [1.29, 1.82) is 0 Å². The Labute approximate surface area is 172 Å². The molecule has 1 N–H and O–H groups in total. The van der Waals surface area contributed by atoms with E-state index in [9.17, 15) is 4.79 Å². The Morgan fingerprint density at radius 2 is 2.10 bits per heavy atom. The number of H-pyrrole nitrogens is 1. The summed E-state index contributed by atoms with van der Waals surface area (Å²) in [6.07, 6.45) is 2.75. The Balaban J connectivity index is 1.48. The third kappa shape index (κ3) is 3.69. The fraction of sp³-hybridized carbons (Fsp3) is 0.318. The summed E-state index contributed by atoms with van der Waals surface area (Å²) in [5.74, 6) is 0.514. The van der Waals surface area contributed by atoms with Crippen LogP contribution in [0.4, 0.5) is 0 Å². The van der Waals surface area contributed by atoms with Gasteiger partial charge in [0.25, 0.3) is 5.56 Å². The zero-order chi connectivity index (χ0) is 19.8. The number of rotatable bonds is 4. The highest BCUT2D eigenvalue weighted by atomic mass is 32.1. The number of hydrogen-bond donors (Lipinski definition) is 1. The molecule has 0 saturated carbocycles. The lowest BCUT2D eigenvalue weighted by Gasteiger charge is -2.26. The first-order valence-corrected chi connectivity index (χ1v) is 10.7. The molecule has 0 aliphatic carbocycles. The van der Waals surface area contributed by atoms with Crippen molar-refractivity contribution >= 4 is 32.3 Å². The maximum Gasteiger partial charge on any atom is 0.259 e. The van der Waals surface area contributed by atoms with E-state index in [1.165, 1.54) is 5.56 Å². The molecule has 0 atom stereocenters. The molecule has 0 unspecified atom stereocenters. The molecule has 0 radical (unpaired) electrons. The quantitative estimate of drug-likeness (QED) is 0.563. The molecule has 1 aromatic carbocycles. The van der Waals surface area contributed by atoms with Crippen LogP contribution in [0.3, 0.4) is 0 Å². The molecular formula is C22H22N4O2S. The Kier molecular flexibility index (Phi) is 4.87. The van der Waals surface area contributed by atoms with E-state index in [4.69, 9.17) is 9.72 Å². The maximum absolute atomic E-state index is 12.8. The number of ether oxygens (including phenoxy) is 1. The van der Waals surface area contributed by atoms with Crippen LogP contribution in [-0.2, 0) is 11.2 Å². The van der Waals surface area contributed by atoms with Crippen LogP contribution >= 0.6 is 11.3 Å². The van der Waals surface area contributed by atoms with Crippen LogP contribution in [0.5, 0.6) is 0 Å². The molecule has 1 saturated heterocycles. The first-order chi connectivity index (χ1) is 14.2. The number of morpholine rings is 1. The van der Waals surface area contributed by atoms with Crippen LogP contribution in [0.15, 0.2) is 40.6 Å². The zero-order valence-corrected chi connectivity index (χ0v) is 17.1. The predicted molar refractivity (Wildman–Crippen MR) is 117 cm³/mol. The van der Waals surface area contributed by atoms with Crippen LogP contribution < -0.4 is 5.56 Å². The molecule has 1 fully saturated rings. The molecule has 3 aromatic heterocycles. The van der Waals surface area contributed by atoms with E-state index in [-0.39, 0.29) is 5.56 Å². The Morgan fingerprint density at radius 3 is 2.97 bits per heavy atom. The number of aryl methyl sites for hydroxylation is 1. The summed E-state index contributed by atoms with van der Waals surface area (Å²) in [6, 6.07) is 8.15. The van der Waals surface area contributed by atoms with E-state index >= 15 is 0 Å². The van der Waals surface area contributed by atoms with Gasteiger partial charge < -0.3 is 9.72 Å². The van der Waals surface area contributed by atoms with E-state index in [0.29, 0.717) is 16.9 Å². The summed E-state index contributed by atoms with van der Waals surface area (Å²) < 4.78 is 6.53. The Morgan fingerprint density at radius 1 is 1.24 bits per heavy atom. The normalized spacial score (nSPS) is 15.3. The van der Waals surface area contributed by atoms with Gasteiger partial charge >= 0.3 is 0 Å². The largest absolute Gasteiger partial charge is 0.379 e. The van der Waals surface area contributed by atoms with E-state index in [1.54, 1.807) is 11.3 Å². The van der Waals surface area contributed by atoms with Gasteiger partial charge in [-0.15, -0.1) is 11.3 Å². The summed E-state index contributed by atoms with van der Waals surface area (Å²) in [4.78, 5) is 27.4. The van der Waals surface area contributed by atoms with E-state index in [2.05, 4.69) is 27.0 Å². The smallest absolute Gasteiger partial charge is 0.259 e. The third-order valence-electron chi connectivity index (χ3n) is 5.46. The van der Waals surface area contributed by atoms with Crippen LogP contribution in [0.1, 0.15) is 11.1 Å². The van der Waals surface area contributed by atoms with Crippen LogP contribution in [0.2, 0.25) is 0 Å². The minimum absolute atomic E-state index is 0.117. The first-order valence-electron chi connectivity index (χ1n) is 9.85. The second-order valence-corrected chi connectivity index (χ2v) is 8.40. The molecule has 0 amide bonds. The molecule has 1 aliphatic heterocycles. The average molecular weight is 407 g/mol. The fourth-order valence-corrected chi connectivity index (χ4v) is 4.60. The van der Waals surface area contributed by atoms with Gasteiger partial charge in [0, 0.05) is 25.8 Å². The van der Waals surface area contributed by atoms with E-state index < -0.39 is 0 Å². The van der Waals surface area contributed by atoms with Crippen molar-refractivity contribution in [3.63, 3.8) is 0 Å². The monoisotopic (exact) mass is 406 g/mol. The highest BCUT2D eigenvalue weighted by Crippen LogP contribution is 2.25. The van der Waals surface area contributed by atoms with Crippen molar-refractivity contribution < 1.29 is 4.74 Å². The standard InChI is InChI=1S/C22H22N4O2S/c1-14-10-15(2-4-26-5-7-28-8-6-26)11-17-20(14)24-21(25-22(17)27)18-12-16-3-9-29-19(16)13-23-18/h3,9-13H,2,4-8H2,1H3,(H,24,25,27). The third-order valence-corrected chi connectivity index (χ3v) is 6.33. The van der Waals surface area contributed by atoms with Crippen molar-refractivity contribution in [2.75, 3.05) is 32.8 Å². The number of thiophene rings is 1. The lowest BCUT2D eigenvalue weighted by molar-refractivity contribution is 0.0384. The zero-order valence-electron chi connectivity index (χ0n) is 16.3. The number of fused-ring (bicyclic) bond motifs is 2. The number of nitrogens with zero attached hydrogens (tertiary/aromatic N) is 3. The van der Waals surface area contributed by atoms with Crippen molar-refractivity contribution in [3.05, 3.63) is 57.3 Å². The number of hydrogen-bond acceptors (Lipinski definition) is 6. The van der Waals surface area contributed by atoms with Crippen molar-refractivity contribution in [2.45, 2.75) is 13.3 Å². The minimum Gasteiger partial charge on any atom is -0.379 e. The van der Waals surface area contributed by atoms with E-state index in [0.717, 1.165) is 60.4 Å². The van der Waals surface area contributed by atoms with Crippen LogP contribution in [0.25, 0.3) is 32.5 Å². The highest BCUT2D eigenvalue weighted by molar-refractivity contribution is 7.17. The highest BCUT2D eigenvalue weighted by Gasteiger charge is 2.13. The van der Waals surface area contributed by atoms with Gasteiger partial charge in [0.1, 0.15) is 5.69 Å². The van der Waals surface area contributed by atoms with Gasteiger partial charge in [-0.1, -0.05) is 6.07 Å². The number of aromatic amines is 1. The molecular weight excluding hydrogens is 384 g/mol. The van der Waals surface area contributed by atoms with Gasteiger partial charge in [-0.2, -0.15) is 0 Å². The molecule has 1 aliphatic rings. The summed E-state index contributed by atoms with van der Waals surface area (Å²) in [5.41, 5.74) is 3.49. The first kappa shape index (κ1) is 18.4. The van der Waals surface area contributed by atoms with Crippen molar-refractivity contribution in [2.24, 2.45) is 0 Å². The van der Waals surface area contributed by atoms with Crippen LogP contribution in [-0.4, -0.2) is 52.7 Å². The second-order valence-electron chi connectivity index (χ2n) is 7.46. The molecule has 148 valence electrons. The van der Waals surface area contributed by atoms with Crippen molar-refractivity contribution in [3.8, 4) is 11.5 Å². The Hall–Kier alpha value is -2.61. The summed E-state index contributed by atoms with van der Waals surface area (Å²) in [7, 11) is 0. The molecule has 6 nitrogen and oxygen atoms in total. The summed E-state index contributed by atoms with van der Waals surface area (Å²) in [5, 5.41) is 3.79. The van der Waals surface area contributed by atoms with Gasteiger partial charge in [-0.05, 0) is 53.4 Å². The molecule has 7 heteroatoms. The average Bonchev–Trinajstić information content (AvgIpc) is 3.21. The van der Waals surface area contributed by atoms with Gasteiger partial charge in [-0.3, -0.25) is 14.7 Å².